The number of hydrogen-bond donors (Lipinski definition) is 2. The first kappa shape index (κ1) is 18.8. The third-order valence-corrected chi connectivity index (χ3v) is 4.91. The molecule has 2 atom stereocenters. The Balaban J connectivity index is 1.77. The van der Waals surface area contributed by atoms with E-state index in [0.717, 1.165) is 5.56 Å². The number of ether oxygens (including phenoxy) is 1. The van der Waals surface area contributed by atoms with Gasteiger partial charge in [-0.15, -0.1) is 0 Å². The van der Waals surface area contributed by atoms with Gasteiger partial charge in [-0.25, -0.2) is 4.39 Å². The first-order valence-corrected chi connectivity index (χ1v) is 9.07. The molecule has 1 spiro atoms. The molecule has 2 heterocycles. The van der Waals surface area contributed by atoms with Gasteiger partial charge in [-0.3, -0.25) is 14.5 Å². The Hall–Kier alpha value is -1.99. The van der Waals surface area contributed by atoms with E-state index in [9.17, 15) is 14.0 Å². The van der Waals surface area contributed by atoms with Crippen molar-refractivity contribution in [2.45, 2.75) is 26.0 Å². The highest BCUT2D eigenvalue weighted by molar-refractivity contribution is 5.94. The van der Waals surface area contributed by atoms with Crippen LogP contribution in [0.1, 0.15) is 19.4 Å². The van der Waals surface area contributed by atoms with E-state index in [2.05, 4.69) is 10.6 Å². The predicted molar refractivity (Wildman–Crippen MR) is 94.7 cm³/mol. The number of nitrogens with zero attached hydrogens (tertiary/aromatic N) is 1. The summed E-state index contributed by atoms with van der Waals surface area (Å²) in [6.45, 7) is 6.76. The molecule has 2 saturated heterocycles. The van der Waals surface area contributed by atoms with Crippen LogP contribution >= 0.6 is 0 Å². The van der Waals surface area contributed by atoms with Gasteiger partial charge in [-0.1, -0.05) is 26.0 Å². The highest BCUT2D eigenvalue weighted by atomic mass is 19.1. The van der Waals surface area contributed by atoms with Crippen LogP contribution in [-0.4, -0.2) is 55.1 Å². The van der Waals surface area contributed by atoms with Gasteiger partial charge in [0.1, 0.15) is 5.82 Å². The number of carbonyl (C=O) groups excluding carboxylic acids is 2. The molecular formula is C19H26FN3O3. The normalized spacial score (nSPS) is 26.3. The number of halogens is 1. The summed E-state index contributed by atoms with van der Waals surface area (Å²) in [6.07, 6.45) is 0. The molecule has 2 fully saturated rings. The second-order valence-corrected chi connectivity index (χ2v) is 7.48. The van der Waals surface area contributed by atoms with Gasteiger partial charge in [-0.2, -0.15) is 0 Å². The van der Waals surface area contributed by atoms with Crippen molar-refractivity contribution in [3.63, 3.8) is 0 Å². The van der Waals surface area contributed by atoms with Crippen molar-refractivity contribution in [2.24, 2.45) is 11.8 Å². The van der Waals surface area contributed by atoms with Gasteiger partial charge < -0.3 is 15.4 Å². The minimum Gasteiger partial charge on any atom is -0.361 e. The summed E-state index contributed by atoms with van der Waals surface area (Å²) >= 11 is 0. The van der Waals surface area contributed by atoms with E-state index < -0.39 is 11.5 Å². The minimum atomic E-state index is -1.15. The zero-order valence-corrected chi connectivity index (χ0v) is 15.3. The fourth-order valence-corrected chi connectivity index (χ4v) is 3.59. The molecule has 2 aliphatic rings. The maximum absolute atomic E-state index is 13.1. The van der Waals surface area contributed by atoms with E-state index in [1.807, 2.05) is 18.7 Å². The van der Waals surface area contributed by atoms with Crippen molar-refractivity contribution in [1.29, 1.82) is 0 Å². The second-order valence-electron chi connectivity index (χ2n) is 7.48. The summed E-state index contributed by atoms with van der Waals surface area (Å²) in [7, 11) is 0. The fourth-order valence-electron chi connectivity index (χ4n) is 3.59. The standard InChI is InChI=1S/C19H26FN3O3/c1-13(2)9-22-17(24)16-11-23(10-14-3-5-15(20)6-4-14)12-19(16)18(25)21-7-8-26-19/h3-6,13,16H,7-12H2,1-2H3,(H,21,25)(H,22,24)/t16-,19-/m1/s1. The Bertz CT molecular complexity index is 664. The molecule has 7 heteroatoms. The predicted octanol–water partition coefficient (Wildman–Crippen LogP) is 0.915. The van der Waals surface area contributed by atoms with Crippen LogP contribution in [0.15, 0.2) is 24.3 Å². The van der Waals surface area contributed by atoms with Crippen LogP contribution in [0.2, 0.25) is 0 Å². The molecule has 3 rings (SSSR count). The molecule has 6 nitrogen and oxygen atoms in total. The number of carbonyl (C=O) groups is 2. The average molecular weight is 363 g/mol. The molecule has 142 valence electrons. The Morgan fingerprint density at radius 1 is 1.42 bits per heavy atom. The van der Waals surface area contributed by atoms with Gasteiger partial charge in [0.25, 0.3) is 5.91 Å². The van der Waals surface area contributed by atoms with Crippen molar-refractivity contribution in [3.05, 3.63) is 35.6 Å². The maximum atomic E-state index is 13.1. The lowest BCUT2D eigenvalue weighted by atomic mass is 9.87. The van der Waals surface area contributed by atoms with Gasteiger partial charge in [-0.05, 0) is 23.6 Å². The minimum absolute atomic E-state index is 0.155. The molecule has 0 radical (unpaired) electrons. The van der Waals surface area contributed by atoms with E-state index in [0.29, 0.717) is 45.2 Å². The van der Waals surface area contributed by atoms with Gasteiger partial charge in [0.15, 0.2) is 5.60 Å². The molecule has 1 aromatic carbocycles. The first-order valence-electron chi connectivity index (χ1n) is 9.07. The molecule has 2 N–H and O–H groups in total. The monoisotopic (exact) mass is 363 g/mol. The highest BCUT2D eigenvalue weighted by Crippen LogP contribution is 2.34. The maximum Gasteiger partial charge on any atom is 0.254 e. The summed E-state index contributed by atoms with van der Waals surface area (Å²) in [6, 6.07) is 6.27. The first-order chi connectivity index (χ1) is 12.4. The summed E-state index contributed by atoms with van der Waals surface area (Å²) in [4.78, 5) is 27.4. The quantitative estimate of drug-likeness (QED) is 0.816. The van der Waals surface area contributed by atoms with Gasteiger partial charge in [0, 0.05) is 32.7 Å². The SMILES string of the molecule is CC(C)CNC(=O)[C@H]1CN(Cc2ccc(F)cc2)C[C@@]12OCCNC2=O. The lowest BCUT2D eigenvalue weighted by Crippen LogP contribution is -2.62. The van der Waals surface area contributed by atoms with Crippen molar-refractivity contribution in [3.8, 4) is 0 Å². The van der Waals surface area contributed by atoms with Crippen molar-refractivity contribution < 1.29 is 18.7 Å². The van der Waals surface area contributed by atoms with Crippen molar-refractivity contribution in [2.75, 3.05) is 32.8 Å². The van der Waals surface area contributed by atoms with E-state index >= 15 is 0 Å². The van der Waals surface area contributed by atoms with Crippen LogP contribution in [0.4, 0.5) is 4.39 Å². The third-order valence-electron chi connectivity index (χ3n) is 4.91. The van der Waals surface area contributed by atoms with Crippen LogP contribution in [-0.2, 0) is 20.9 Å². The molecule has 0 bridgehead atoms. The molecule has 2 aliphatic heterocycles. The summed E-state index contributed by atoms with van der Waals surface area (Å²) in [5, 5.41) is 5.77. The Labute approximate surface area is 153 Å². The van der Waals surface area contributed by atoms with Crippen LogP contribution in [0.5, 0.6) is 0 Å². The van der Waals surface area contributed by atoms with Gasteiger partial charge in [0.2, 0.25) is 5.91 Å². The molecule has 0 aliphatic carbocycles. The summed E-state index contributed by atoms with van der Waals surface area (Å²) in [5.41, 5.74) is -0.222. The number of amides is 2. The molecule has 2 amide bonds. The van der Waals surface area contributed by atoms with Crippen molar-refractivity contribution in [1.82, 2.24) is 15.5 Å². The number of benzene rings is 1. The van der Waals surface area contributed by atoms with Crippen LogP contribution in [0, 0.1) is 17.7 Å². The smallest absolute Gasteiger partial charge is 0.254 e. The highest BCUT2D eigenvalue weighted by Gasteiger charge is 2.57. The Kier molecular flexibility index (Phi) is 5.58. The summed E-state index contributed by atoms with van der Waals surface area (Å²) < 4.78 is 19.0. The summed E-state index contributed by atoms with van der Waals surface area (Å²) in [5.74, 6) is -0.908. The molecule has 0 unspecified atom stereocenters. The number of rotatable bonds is 5. The van der Waals surface area contributed by atoms with E-state index in [1.54, 1.807) is 12.1 Å². The van der Waals surface area contributed by atoms with Crippen LogP contribution < -0.4 is 10.6 Å². The Morgan fingerprint density at radius 2 is 2.15 bits per heavy atom. The molecule has 0 saturated carbocycles. The number of morpholine rings is 1. The van der Waals surface area contributed by atoms with E-state index in [1.165, 1.54) is 12.1 Å². The van der Waals surface area contributed by atoms with Crippen LogP contribution in [0.3, 0.4) is 0 Å². The Morgan fingerprint density at radius 3 is 2.81 bits per heavy atom. The van der Waals surface area contributed by atoms with E-state index in [-0.39, 0.29) is 17.6 Å². The topological polar surface area (TPSA) is 70.7 Å². The second kappa shape index (κ2) is 7.72. The fraction of sp³-hybridized carbons (Fsp3) is 0.579. The number of nitrogens with one attached hydrogen (secondary N) is 2. The molecule has 1 aromatic rings. The lowest BCUT2D eigenvalue weighted by molar-refractivity contribution is -0.163. The number of likely N-dealkylation sites (tertiary alicyclic amines) is 1. The third kappa shape index (κ3) is 3.88. The van der Waals surface area contributed by atoms with Crippen LogP contribution in [0.25, 0.3) is 0 Å². The molecule has 26 heavy (non-hydrogen) atoms. The van der Waals surface area contributed by atoms with Gasteiger partial charge in [0.05, 0.1) is 12.5 Å². The zero-order chi connectivity index (χ0) is 18.7. The largest absolute Gasteiger partial charge is 0.361 e. The number of hydrogen-bond acceptors (Lipinski definition) is 4. The zero-order valence-electron chi connectivity index (χ0n) is 15.3. The molecule has 0 aromatic heterocycles. The average Bonchev–Trinajstić information content (AvgIpc) is 2.96. The molecular weight excluding hydrogens is 337 g/mol. The lowest BCUT2D eigenvalue weighted by Gasteiger charge is -2.36. The van der Waals surface area contributed by atoms with E-state index in [4.69, 9.17) is 4.74 Å². The van der Waals surface area contributed by atoms with Crippen molar-refractivity contribution >= 4 is 11.8 Å². The van der Waals surface area contributed by atoms with Gasteiger partial charge >= 0.3 is 0 Å².